The molecule has 1 aromatic rings. The Morgan fingerprint density at radius 3 is 2.85 bits per heavy atom. The largest absolute Gasteiger partial charge is 0.368 e. The Labute approximate surface area is 164 Å². The first-order valence-electron chi connectivity index (χ1n) is 9.21. The number of nitrogens with zero attached hydrogens (tertiary/aromatic N) is 2. The first kappa shape index (κ1) is 19.5. The number of anilines is 1. The molecule has 0 saturated carbocycles. The first-order valence-corrected chi connectivity index (χ1v) is 11.8. The molecule has 2 N–H and O–H groups in total. The summed E-state index contributed by atoms with van der Waals surface area (Å²) in [5, 5.41) is 6.80. The molecule has 144 valence electrons. The van der Waals surface area contributed by atoms with Gasteiger partial charge in [0.05, 0.1) is 17.2 Å². The van der Waals surface area contributed by atoms with Crippen LogP contribution in [0.4, 0.5) is 5.69 Å². The lowest BCUT2D eigenvalue weighted by Crippen LogP contribution is -2.45. The van der Waals surface area contributed by atoms with Crippen molar-refractivity contribution in [1.82, 2.24) is 10.6 Å². The number of rotatable bonds is 5. The van der Waals surface area contributed by atoms with Crippen LogP contribution in [0.2, 0.25) is 0 Å². The van der Waals surface area contributed by atoms with E-state index in [0.717, 1.165) is 42.9 Å². The van der Waals surface area contributed by atoms with Crippen molar-refractivity contribution in [2.45, 2.75) is 25.8 Å². The normalized spacial score (nSPS) is 25.5. The molecule has 26 heavy (non-hydrogen) atoms. The topological polar surface area (TPSA) is 73.8 Å². The second kappa shape index (κ2) is 8.61. The van der Waals surface area contributed by atoms with Gasteiger partial charge in [-0.1, -0.05) is 12.1 Å². The van der Waals surface area contributed by atoms with Crippen molar-refractivity contribution < 1.29 is 8.42 Å². The molecule has 2 heterocycles. The fourth-order valence-corrected chi connectivity index (χ4v) is 5.94. The lowest BCUT2D eigenvalue weighted by Gasteiger charge is -2.21. The average Bonchev–Trinajstić information content (AvgIpc) is 3.19. The summed E-state index contributed by atoms with van der Waals surface area (Å²) in [4.78, 5) is 7.01. The number of benzene rings is 1. The molecule has 2 unspecified atom stereocenters. The monoisotopic (exact) mass is 442 g/mol. The Bertz CT molecular complexity index is 753. The number of guanidine groups is 1. The van der Waals surface area contributed by atoms with Crippen LogP contribution in [0, 0.1) is 5.92 Å². The zero-order valence-corrected chi connectivity index (χ0v) is 17.5. The van der Waals surface area contributed by atoms with Crippen LogP contribution >= 0.6 is 15.9 Å². The fourth-order valence-electron chi connectivity index (χ4n) is 3.55. The highest BCUT2D eigenvalue weighted by atomic mass is 79.9. The van der Waals surface area contributed by atoms with E-state index >= 15 is 0 Å². The van der Waals surface area contributed by atoms with Crippen LogP contribution in [0.5, 0.6) is 0 Å². The zero-order valence-electron chi connectivity index (χ0n) is 15.1. The van der Waals surface area contributed by atoms with E-state index in [-0.39, 0.29) is 11.7 Å². The van der Waals surface area contributed by atoms with Crippen LogP contribution in [-0.4, -0.2) is 58.1 Å². The molecule has 8 heteroatoms. The van der Waals surface area contributed by atoms with Crippen molar-refractivity contribution in [2.24, 2.45) is 10.9 Å². The third-order valence-corrected chi connectivity index (χ3v) is 7.41. The Morgan fingerprint density at radius 1 is 1.35 bits per heavy atom. The van der Waals surface area contributed by atoms with Gasteiger partial charge >= 0.3 is 0 Å². The average molecular weight is 443 g/mol. The van der Waals surface area contributed by atoms with Gasteiger partial charge in [-0.2, -0.15) is 0 Å². The zero-order chi connectivity index (χ0) is 18.6. The molecule has 2 saturated heterocycles. The number of aliphatic imine (C=N–C) groups is 1. The van der Waals surface area contributed by atoms with E-state index in [1.165, 1.54) is 5.69 Å². The molecule has 2 aliphatic heterocycles. The summed E-state index contributed by atoms with van der Waals surface area (Å²) in [6.07, 6.45) is 1.77. The van der Waals surface area contributed by atoms with Crippen molar-refractivity contribution in [3.63, 3.8) is 0 Å². The Balaban J connectivity index is 1.57. The van der Waals surface area contributed by atoms with Gasteiger partial charge in [0, 0.05) is 36.7 Å². The number of sulfone groups is 1. The minimum Gasteiger partial charge on any atom is -0.368 e. The highest BCUT2D eigenvalue weighted by molar-refractivity contribution is 9.10. The van der Waals surface area contributed by atoms with Gasteiger partial charge < -0.3 is 15.5 Å². The molecule has 6 nitrogen and oxygen atoms in total. The van der Waals surface area contributed by atoms with E-state index in [1.807, 2.05) is 13.0 Å². The predicted octanol–water partition coefficient (Wildman–Crippen LogP) is 2.02. The van der Waals surface area contributed by atoms with Gasteiger partial charge in [-0.3, -0.25) is 4.99 Å². The third-order valence-electron chi connectivity index (χ3n) is 4.90. The number of hydrogen-bond donors (Lipinski definition) is 2. The number of halogens is 1. The van der Waals surface area contributed by atoms with E-state index < -0.39 is 9.84 Å². The van der Waals surface area contributed by atoms with Crippen molar-refractivity contribution in [1.29, 1.82) is 0 Å². The molecule has 0 aromatic heterocycles. The molecular formula is C18H27BrN4O2S. The summed E-state index contributed by atoms with van der Waals surface area (Å²) in [5.74, 6) is 1.52. The molecule has 0 bridgehead atoms. The molecule has 0 radical (unpaired) electrons. The third kappa shape index (κ3) is 5.13. The molecule has 0 spiro atoms. The summed E-state index contributed by atoms with van der Waals surface area (Å²) in [7, 11) is -2.84. The van der Waals surface area contributed by atoms with Crippen molar-refractivity contribution in [3.8, 4) is 0 Å². The maximum atomic E-state index is 11.6. The van der Waals surface area contributed by atoms with Crippen LogP contribution < -0.4 is 15.5 Å². The van der Waals surface area contributed by atoms with Crippen LogP contribution in [0.3, 0.4) is 0 Å². The van der Waals surface area contributed by atoms with Crippen LogP contribution in [0.25, 0.3) is 0 Å². The molecule has 0 amide bonds. The summed E-state index contributed by atoms with van der Waals surface area (Å²) < 4.78 is 24.3. The Hall–Kier alpha value is -1.28. The summed E-state index contributed by atoms with van der Waals surface area (Å²) in [5.41, 5.74) is 1.22. The second-order valence-electron chi connectivity index (χ2n) is 7.02. The van der Waals surface area contributed by atoms with Gasteiger partial charge in [0.25, 0.3) is 0 Å². The van der Waals surface area contributed by atoms with Gasteiger partial charge in [-0.05, 0) is 53.7 Å². The molecule has 1 aromatic carbocycles. The SMILES string of the molecule is CCNC(=NCC1CCS(=O)(=O)C1)NC1CCN(c2ccccc2Br)C1. The van der Waals surface area contributed by atoms with Gasteiger partial charge in [0.1, 0.15) is 0 Å². The van der Waals surface area contributed by atoms with E-state index in [4.69, 9.17) is 0 Å². The minimum atomic E-state index is -2.84. The summed E-state index contributed by atoms with van der Waals surface area (Å²) in [6, 6.07) is 8.61. The van der Waals surface area contributed by atoms with Crippen molar-refractivity contribution >= 4 is 37.4 Å². The van der Waals surface area contributed by atoms with Gasteiger partial charge in [-0.25, -0.2) is 8.42 Å². The minimum absolute atomic E-state index is 0.149. The first-order chi connectivity index (χ1) is 12.5. The molecular weight excluding hydrogens is 416 g/mol. The molecule has 3 rings (SSSR count). The second-order valence-corrected chi connectivity index (χ2v) is 10.1. The predicted molar refractivity (Wildman–Crippen MR) is 111 cm³/mol. The van der Waals surface area contributed by atoms with Gasteiger partial charge in [0.2, 0.25) is 0 Å². The molecule has 2 fully saturated rings. The van der Waals surface area contributed by atoms with E-state index in [9.17, 15) is 8.42 Å². The highest BCUT2D eigenvalue weighted by Crippen LogP contribution is 2.28. The molecule has 2 atom stereocenters. The van der Waals surface area contributed by atoms with E-state index in [2.05, 4.69) is 54.7 Å². The highest BCUT2D eigenvalue weighted by Gasteiger charge is 2.28. The lowest BCUT2D eigenvalue weighted by molar-refractivity contribution is 0.586. The smallest absolute Gasteiger partial charge is 0.191 e. The van der Waals surface area contributed by atoms with Gasteiger partial charge in [0.15, 0.2) is 15.8 Å². The summed E-state index contributed by atoms with van der Waals surface area (Å²) >= 11 is 3.63. The molecule has 2 aliphatic rings. The van der Waals surface area contributed by atoms with E-state index in [1.54, 1.807) is 0 Å². The number of para-hydroxylation sites is 1. The summed E-state index contributed by atoms with van der Waals surface area (Å²) in [6.45, 7) is 5.31. The Morgan fingerprint density at radius 2 is 2.15 bits per heavy atom. The van der Waals surface area contributed by atoms with Crippen molar-refractivity contribution in [3.05, 3.63) is 28.7 Å². The lowest BCUT2D eigenvalue weighted by atomic mass is 10.1. The number of nitrogens with one attached hydrogen (secondary N) is 2. The maximum Gasteiger partial charge on any atom is 0.191 e. The number of hydrogen-bond acceptors (Lipinski definition) is 4. The quantitative estimate of drug-likeness (QED) is 0.538. The maximum absolute atomic E-state index is 11.6. The van der Waals surface area contributed by atoms with Gasteiger partial charge in [-0.15, -0.1) is 0 Å². The molecule has 0 aliphatic carbocycles. The standard InChI is InChI=1S/C18H27BrN4O2S/c1-2-20-18(21-11-14-8-10-26(24,25)13-14)22-15-7-9-23(12-15)17-6-4-3-5-16(17)19/h3-6,14-15H,2,7-13H2,1H3,(H2,20,21,22). The fraction of sp³-hybridized carbons (Fsp3) is 0.611. The van der Waals surface area contributed by atoms with Crippen LogP contribution in [0.15, 0.2) is 33.7 Å². The Kier molecular flexibility index (Phi) is 6.45. The van der Waals surface area contributed by atoms with Crippen LogP contribution in [0.1, 0.15) is 19.8 Å². The van der Waals surface area contributed by atoms with E-state index in [0.29, 0.717) is 18.3 Å². The van der Waals surface area contributed by atoms with Crippen molar-refractivity contribution in [2.75, 3.05) is 42.6 Å². The van der Waals surface area contributed by atoms with Crippen LogP contribution in [-0.2, 0) is 9.84 Å².